The van der Waals surface area contributed by atoms with Crippen molar-refractivity contribution in [3.8, 4) is 0 Å². The fourth-order valence-corrected chi connectivity index (χ4v) is 3.76. The minimum Gasteiger partial charge on any atom is -0.245 e. The monoisotopic (exact) mass is 278 g/mol. The second-order valence-corrected chi connectivity index (χ2v) is 6.78. The summed E-state index contributed by atoms with van der Waals surface area (Å²) in [5.74, 6) is -0.420. The molecule has 0 saturated carbocycles. The normalized spacial score (nSPS) is 23.6. The van der Waals surface area contributed by atoms with E-state index < -0.39 is 32.1 Å². The molecule has 1 saturated heterocycles. The van der Waals surface area contributed by atoms with Crippen molar-refractivity contribution >= 4 is 20.2 Å². The number of hydrogen-bond acceptors (Lipinski definition) is 6. The second kappa shape index (κ2) is 4.37. The fourth-order valence-electron chi connectivity index (χ4n) is 1.43. The summed E-state index contributed by atoms with van der Waals surface area (Å²) in [6.45, 7) is -0.269. The first-order chi connectivity index (χ1) is 7.89. The molecule has 0 N–H and O–H groups in total. The maximum atomic E-state index is 11.9. The average Bonchev–Trinajstić information content (AvgIpc) is 2.58. The molecule has 1 unspecified atom stereocenters. The Morgan fingerprint density at radius 3 is 2.41 bits per heavy atom. The first-order valence-electron chi connectivity index (χ1n) is 4.74. The second-order valence-electron chi connectivity index (χ2n) is 3.51. The topological polar surface area (TPSA) is 86.7 Å². The van der Waals surface area contributed by atoms with Crippen LogP contribution in [0.4, 0.5) is 0 Å². The molecule has 0 aliphatic carbocycles. The maximum Gasteiger partial charge on any atom is 0.400 e. The Bertz CT molecular complexity index is 590. The van der Waals surface area contributed by atoms with Crippen molar-refractivity contribution < 1.29 is 25.2 Å². The summed E-state index contributed by atoms with van der Waals surface area (Å²) in [6.07, 6.45) is -0.981. The number of benzene rings is 1. The zero-order valence-electron chi connectivity index (χ0n) is 8.64. The third kappa shape index (κ3) is 3.03. The molecule has 1 aromatic rings. The van der Waals surface area contributed by atoms with Crippen LogP contribution in [-0.4, -0.2) is 35.3 Å². The van der Waals surface area contributed by atoms with Gasteiger partial charge in [-0.25, -0.2) is 16.8 Å². The van der Waals surface area contributed by atoms with Gasteiger partial charge in [0.05, 0.1) is 17.3 Å². The van der Waals surface area contributed by atoms with E-state index in [4.69, 9.17) is 0 Å². The van der Waals surface area contributed by atoms with Crippen molar-refractivity contribution in [3.05, 3.63) is 30.3 Å². The van der Waals surface area contributed by atoms with E-state index in [0.29, 0.717) is 0 Å². The van der Waals surface area contributed by atoms with Gasteiger partial charge in [-0.1, -0.05) is 18.2 Å². The Morgan fingerprint density at radius 1 is 1.24 bits per heavy atom. The van der Waals surface area contributed by atoms with Crippen LogP contribution in [0.2, 0.25) is 0 Å². The van der Waals surface area contributed by atoms with Crippen LogP contribution in [0.1, 0.15) is 0 Å². The quantitative estimate of drug-likeness (QED) is 0.780. The molecule has 8 heteroatoms. The van der Waals surface area contributed by atoms with Gasteiger partial charge >= 0.3 is 10.4 Å². The van der Waals surface area contributed by atoms with E-state index in [0.717, 1.165) is 0 Å². The van der Waals surface area contributed by atoms with Crippen LogP contribution in [0.15, 0.2) is 35.2 Å². The van der Waals surface area contributed by atoms with E-state index in [1.54, 1.807) is 18.2 Å². The van der Waals surface area contributed by atoms with Crippen molar-refractivity contribution in [2.24, 2.45) is 0 Å². The number of hydrogen-bond donors (Lipinski definition) is 0. The van der Waals surface area contributed by atoms with E-state index in [2.05, 4.69) is 8.37 Å². The van der Waals surface area contributed by atoms with Gasteiger partial charge in [0.2, 0.25) is 0 Å². The minimum absolute atomic E-state index is 0.132. The first-order valence-corrected chi connectivity index (χ1v) is 7.73. The fraction of sp³-hybridized carbons (Fsp3) is 0.333. The van der Waals surface area contributed by atoms with Gasteiger partial charge in [0.15, 0.2) is 9.84 Å². The van der Waals surface area contributed by atoms with Crippen LogP contribution in [0, 0.1) is 0 Å². The standard InChI is InChI=1S/C9H10O6S2/c10-16(11,9-4-2-1-3-5-9)7-8-6-14-17(12,13)15-8/h1-5,8H,6-7H2. The van der Waals surface area contributed by atoms with Gasteiger partial charge < -0.3 is 0 Å². The molecule has 1 aliphatic rings. The lowest BCUT2D eigenvalue weighted by atomic mass is 10.4. The number of rotatable bonds is 3. The van der Waals surface area contributed by atoms with Crippen LogP contribution < -0.4 is 0 Å². The van der Waals surface area contributed by atoms with Gasteiger partial charge in [0, 0.05) is 0 Å². The molecule has 0 bridgehead atoms. The van der Waals surface area contributed by atoms with Crippen LogP contribution in [0.3, 0.4) is 0 Å². The van der Waals surface area contributed by atoms with Crippen molar-refractivity contribution in [1.29, 1.82) is 0 Å². The predicted octanol–water partition coefficient (Wildman–Crippen LogP) is 0.120. The molecule has 1 aliphatic heterocycles. The molecular weight excluding hydrogens is 268 g/mol. The summed E-state index contributed by atoms with van der Waals surface area (Å²) in [4.78, 5) is 0.132. The average molecular weight is 278 g/mol. The Balaban J connectivity index is 2.15. The lowest BCUT2D eigenvalue weighted by Crippen LogP contribution is -2.23. The SMILES string of the molecule is O=S1(=O)OCC(CS(=O)(=O)c2ccccc2)O1. The highest BCUT2D eigenvalue weighted by molar-refractivity contribution is 7.91. The van der Waals surface area contributed by atoms with Crippen LogP contribution >= 0.6 is 0 Å². The zero-order valence-corrected chi connectivity index (χ0v) is 10.3. The van der Waals surface area contributed by atoms with Crippen molar-refractivity contribution in [2.45, 2.75) is 11.0 Å². The summed E-state index contributed by atoms with van der Waals surface area (Å²) in [6, 6.07) is 7.77. The zero-order chi connectivity index (χ0) is 12.5. The summed E-state index contributed by atoms with van der Waals surface area (Å²) in [7, 11) is -7.58. The molecule has 1 atom stereocenters. The van der Waals surface area contributed by atoms with Gasteiger partial charge in [-0.3, -0.25) is 0 Å². The summed E-state index contributed by atoms with van der Waals surface area (Å²) >= 11 is 0. The number of sulfone groups is 1. The van der Waals surface area contributed by atoms with E-state index in [1.165, 1.54) is 12.1 Å². The molecule has 6 nitrogen and oxygen atoms in total. The summed E-state index contributed by atoms with van der Waals surface area (Å²) in [5.41, 5.74) is 0. The Kier molecular flexibility index (Phi) is 3.21. The van der Waals surface area contributed by atoms with E-state index >= 15 is 0 Å². The van der Waals surface area contributed by atoms with Gasteiger partial charge in [0.1, 0.15) is 6.10 Å². The molecule has 94 valence electrons. The van der Waals surface area contributed by atoms with Crippen LogP contribution in [-0.2, 0) is 28.6 Å². The molecule has 1 fully saturated rings. The predicted molar refractivity (Wildman–Crippen MR) is 58.2 cm³/mol. The van der Waals surface area contributed by atoms with Crippen molar-refractivity contribution in [1.82, 2.24) is 0 Å². The molecule has 1 heterocycles. The highest BCUT2D eigenvalue weighted by Gasteiger charge is 2.34. The maximum absolute atomic E-state index is 11.9. The molecule has 0 aromatic heterocycles. The summed E-state index contributed by atoms with van der Waals surface area (Å²) in [5, 5.41) is 0. The van der Waals surface area contributed by atoms with Crippen molar-refractivity contribution in [3.63, 3.8) is 0 Å². The van der Waals surface area contributed by atoms with Crippen LogP contribution in [0.5, 0.6) is 0 Å². The molecular formula is C9H10O6S2. The molecule has 0 radical (unpaired) electrons. The molecule has 1 aromatic carbocycles. The smallest absolute Gasteiger partial charge is 0.245 e. The lowest BCUT2D eigenvalue weighted by Gasteiger charge is -2.06. The molecule has 2 rings (SSSR count). The minimum atomic E-state index is -4.01. The van der Waals surface area contributed by atoms with Gasteiger partial charge in [-0.15, -0.1) is 0 Å². The molecule has 17 heavy (non-hydrogen) atoms. The Labute approximate surface area is 99.4 Å². The third-order valence-corrected chi connectivity index (χ3v) is 4.89. The van der Waals surface area contributed by atoms with Crippen LogP contribution in [0.25, 0.3) is 0 Å². The molecule has 0 amide bonds. The van der Waals surface area contributed by atoms with Crippen molar-refractivity contribution in [2.75, 3.05) is 12.4 Å². The highest BCUT2D eigenvalue weighted by atomic mass is 32.3. The van der Waals surface area contributed by atoms with E-state index in [-0.39, 0.29) is 11.5 Å². The Hall–Kier alpha value is -0.960. The lowest BCUT2D eigenvalue weighted by molar-refractivity contribution is 0.260. The van der Waals surface area contributed by atoms with E-state index in [9.17, 15) is 16.8 Å². The van der Waals surface area contributed by atoms with Gasteiger partial charge in [0.25, 0.3) is 0 Å². The highest BCUT2D eigenvalue weighted by Crippen LogP contribution is 2.18. The molecule has 0 spiro atoms. The van der Waals surface area contributed by atoms with E-state index in [1.807, 2.05) is 0 Å². The third-order valence-electron chi connectivity index (χ3n) is 2.16. The van der Waals surface area contributed by atoms with Gasteiger partial charge in [-0.05, 0) is 12.1 Å². The Morgan fingerprint density at radius 2 is 1.88 bits per heavy atom. The largest absolute Gasteiger partial charge is 0.400 e. The van der Waals surface area contributed by atoms with Gasteiger partial charge in [-0.2, -0.15) is 8.42 Å². The summed E-state index contributed by atoms with van der Waals surface area (Å²) < 4.78 is 54.2. The first kappa shape index (κ1) is 12.5.